The molecule has 5 nitrogen and oxygen atoms in total. The molecule has 132 valence electrons. The molecule has 0 aromatic heterocycles. The minimum Gasteiger partial charge on any atom is -0.494 e. The Kier molecular flexibility index (Phi) is 4.99. The summed E-state index contributed by atoms with van der Waals surface area (Å²) in [5, 5.41) is 3.01. The van der Waals surface area contributed by atoms with Gasteiger partial charge in [0.1, 0.15) is 17.6 Å². The largest absolute Gasteiger partial charge is 0.494 e. The first-order chi connectivity index (χ1) is 11.5. The quantitative estimate of drug-likeness (QED) is 0.869. The molecule has 2 aliphatic rings. The highest BCUT2D eigenvalue weighted by molar-refractivity contribution is 5.86. The number of benzene rings is 1. The summed E-state index contributed by atoms with van der Waals surface area (Å²) in [6.45, 7) is 5.03. The molecule has 0 bridgehead atoms. The monoisotopic (exact) mass is 332 g/mol. The Morgan fingerprint density at radius 3 is 2.83 bits per heavy atom. The number of amides is 1. The number of carbonyl (C=O) groups excluding carboxylic acids is 1. The van der Waals surface area contributed by atoms with Crippen molar-refractivity contribution in [1.82, 2.24) is 5.32 Å². The van der Waals surface area contributed by atoms with E-state index in [1.165, 1.54) is 12.0 Å². The van der Waals surface area contributed by atoms with Gasteiger partial charge in [0.2, 0.25) is 5.91 Å². The van der Waals surface area contributed by atoms with Crippen molar-refractivity contribution < 1.29 is 14.3 Å². The number of rotatable bonds is 5. The van der Waals surface area contributed by atoms with E-state index in [9.17, 15) is 4.79 Å². The molecule has 0 saturated heterocycles. The lowest BCUT2D eigenvalue weighted by Gasteiger charge is -2.31. The van der Waals surface area contributed by atoms with Crippen LogP contribution in [-0.4, -0.2) is 24.2 Å². The van der Waals surface area contributed by atoms with Crippen molar-refractivity contribution in [3.63, 3.8) is 0 Å². The summed E-state index contributed by atoms with van der Waals surface area (Å²) >= 11 is 0. The maximum absolute atomic E-state index is 12.5. The van der Waals surface area contributed by atoms with Crippen LogP contribution in [0.3, 0.4) is 0 Å². The van der Waals surface area contributed by atoms with Gasteiger partial charge >= 0.3 is 0 Å². The fourth-order valence-electron chi connectivity index (χ4n) is 3.67. The van der Waals surface area contributed by atoms with Gasteiger partial charge in [-0.1, -0.05) is 19.3 Å². The van der Waals surface area contributed by atoms with Crippen molar-refractivity contribution in [2.75, 3.05) is 6.61 Å². The molecule has 1 atom stereocenters. The van der Waals surface area contributed by atoms with Gasteiger partial charge in [-0.15, -0.1) is 0 Å². The molecule has 5 heteroatoms. The van der Waals surface area contributed by atoms with Crippen LogP contribution in [0.4, 0.5) is 0 Å². The first-order valence-electron chi connectivity index (χ1n) is 9.04. The zero-order valence-corrected chi connectivity index (χ0v) is 14.7. The van der Waals surface area contributed by atoms with Gasteiger partial charge in [0.05, 0.1) is 12.1 Å². The molecule has 0 radical (unpaired) electrons. The highest BCUT2D eigenvalue weighted by Crippen LogP contribution is 2.35. The molecular formula is C19H28N2O3. The molecule has 1 aromatic rings. The second-order valence-corrected chi connectivity index (χ2v) is 7.03. The van der Waals surface area contributed by atoms with E-state index < -0.39 is 5.54 Å². The first kappa shape index (κ1) is 17.1. The number of fused-ring (bicyclic) bond motifs is 1. The van der Waals surface area contributed by atoms with E-state index in [1.54, 1.807) is 0 Å². The Labute approximate surface area is 143 Å². The lowest BCUT2D eigenvalue weighted by molar-refractivity contribution is -0.127. The molecule has 1 heterocycles. The molecule has 1 fully saturated rings. The van der Waals surface area contributed by atoms with Crippen LogP contribution in [0.25, 0.3) is 0 Å². The normalized spacial score (nSPS) is 21.7. The van der Waals surface area contributed by atoms with Crippen LogP contribution in [0.15, 0.2) is 12.1 Å². The molecule has 3 rings (SSSR count). The van der Waals surface area contributed by atoms with E-state index in [0.29, 0.717) is 13.2 Å². The second kappa shape index (κ2) is 7.01. The second-order valence-electron chi connectivity index (χ2n) is 7.03. The van der Waals surface area contributed by atoms with Gasteiger partial charge < -0.3 is 20.5 Å². The third kappa shape index (κ3) is 3.51. The third-order valence-corrected chi connectivity index (χ3v) is 5.02. The Balaban J connectivity index is 1.72. The van der Waals surface area contributed by atoms with Crippen molar-refractivity contribution in [3.05, 3.63) is 23.3 Å². The van der Waals surface area contributed by atoms with Gasteiger partial charge in [0, 0.05) is 24.1 Å². The molecule has 1 aliphatic heterocycles. The van der Waals surface area contributed by atoms with E-state index in [1.807, 2.05) is 19.1 Å². The topological polar surface area (TPSA) is 73.6 Å². The fraction of sp³-hybridized carbons (Fsp3) is 0.632. The predicted molar refractivity (Wildman–Crippen MR) is 93.3 cm³/mol. The summed E-state index contributed by atoms with van der Waals surface area (Å²) in [5.74, 6) is 1.67. The molecular weight excluding hydrogens is 304 g/mol. The highest BCUT2D eigenvalue weighted by atomic mass is 16.5. The molecule has 0 spiro atoms. The lowest BCUT2D eigenvalue weighted by atomic mass is 9.82. The van der Waals surface area contributed by atoms with E-state index in [-0.39, 0.29) is 12.0 Å². The molecule has 1 aromatic carbocycles. The molecule has 1 unspecified atom stereocenters. The van der Waals surface area contributed by atoms with Gasteiger partial charge in [0.15, 0.2) is 0 Å². The average Bonchev–Trinajstić information content (AvgIpc) is 2.92. The number of carbonyl (C=O) groups is 1. The number of hydrogen-bond donors (Lipinski definition) is 2. The summed E-state index contributed by atoms with van der Waals surface area (Å²) < 4.78 is 11.6. The van der Waals surface area contributed by atoms with Crippen LogP contribution in [0.2, 0.25) is 0 Å². The summed E-state index contributed by atoms with van der Waals surface area (Å²) in [6.07, 6.45) is 5.84. The minimum absolute atomic E-state index is 0.0561. The van der Waals surface area contributed by atoms with Crippen LogP contribution in [-0.2, 0) is 17.8 Å². The van der Waals surface area contributed by atoms with Crippen molar-refractivity contribution in [2.45, 2.75) is 70.6 Å². The van der Waals surface area contributed by atoms with Gasteiger partial charge in [-0.3, -0.25) is 4.79 Å². The smallest absolute Gasteiger partial charge is 0.240 e. The molecule has 1 amide bonds. The van der Waals surface area contributed by atoms with E-state index in [0.717, 1.165) is 49.2 Å². The molecule has 3 N–H and O–H groups in total. The molecule has 1 aliphatic carbocycles. The maximum atomic E-state index is 12.5. The van der Waals surface area contributed by atoms with Gasteiger partial charge in [0.25, 0.3) is 0 Å². The highest BCUT2D eigenvalue weighted by Gasteiger charge is 2.35. The van der Waals surface area contributed by atoms with Crippen LogP contribution in [0.1, 0.15) is 57.1 Å². The molecule has 24 heavy (non-hydrogen) atoms. The molecule has 1 saturated carbocycles. The van der Waals surface area contributed by atoms with Crippen LogP contribution in [0.5, 0.6) is 11.5 Å². The Morgan fingerprint density at radius 2 is 2.12 bits per heavy atom. The van der Waals surface area contributed by atoms with E-state index >= 15 is 0 Å². The lowest BCUT2D eigenvalue weighted by Crippen LogP contribution is -2.54. The number of ether oxygens (including phenoxy) is 2. The van der Waals surface area contributed by atoms with Crippen LogP contribution in [0, 0.1) is 0 Å². The van der Waals surface area contributed by atoms with Gasteiger partial charge in [-0.05, 0) is 38.8 Å². The standard InChI is InChI=1S/C19H28N2O3/c1-3-23-16-10-14-9-13(2)24-17(14)11-15(16)12-21-18(22)19(20)7-5-4-6-8-19/h10-11,13H,3-9,12,20H2,1-2H3,(H,21,22). The SMILES string of the molecule is CCOc1cc2c(cc1CNC(=O)C1(N)CCCCC1)OC(C)C2. The van der Waals surface area contributed by atoms with Crippen molar-refractivity contribution in [1.29, 1.82) is 0 Å². The Morgan fingerprint density at radius 1 is 1.38 bits per heavy atom. The van der Waals surface area contributed by atoms with Gasteiger partial charge in [-0.2, -0.15) is 0 Å². The number of hydrogen-bond acceptors (Lipinski definition) is 4. The Hall–Kier alpha value is -1.75. The first-order valence-corrected chi connectivity index (χ1v) is 9.04. The van der Waals surface area contributed by atoms with Crippen molar-refractivity contribution in [2.24, 2.45) is 5.73 Å². The summed E-state index contributed by atoms with van der Waals surface area (Å²) in [7, 11) is 0. The van der Waals surface area contributed by atoms with E-state index in [4.69, 9.17) is 15.2 Å². The summed E-state index contributed by atoms with van der Waals surface area (Å²) in [4.78, 5) is 12.5. The maximum Gasteiger partial charge on any atom is 0.240 e. The predicted octanol–water partition coefficient (Wildman–Crippen LogP) is 2.69. The van der Waals surface area contributed by atoms with Crippen molar-refractivity contribution >= 4 is 5.91 Å². The summed E-state index contributed by atoms with van der Waals surface area (Å²) in [5.41, 5.74) is 7.70. The third-order valence-electron chi connectivity index (χ3n) is 5.02. The number of nitrogens with one attached hydrogen (secondary N) is 1. The fourth-order valence-corrected chi connectivity index (χ4v) is 3.67. The van der Waals surface area contributed by atoms with E-state index in [2.05, 4.69) is 12.2 Å². The van der Waals surface area contributed by atoms with Crippen LogP contribution >= 0.6 is 0 Å². The zero-order valence-electron chi connectivity index (χ0n) is 14.7. The van der Waals surface area contributed by atoms with Gasteiger partial charge in [-0.25, -0.2) is 0 Å². The van der Waals surface area contributed by atoms with Crippen LogP contribution < -0.4 is 20.5 Å². The average molecular weight is 332 g/mol. The zero-order chi connectivity index (χ0) is 17.2. The number of nitrogens with two attached hydrogens (primary N) is 1. The van der Waals surface area contributed by atoms with Crippen molar-refractivity contribution in [3.8, 4) is 11.5 Å². The minimum atomic E-state index is -0.716. The summed E-state index contributed by atoms with van der Waals surface area (Å²) in [6, 6.07) is 4.04. The Bertz CT molecular complexity index is 609.